The second-order valence-corrected chi connectivity index (χ2v) is 4.75. The molecule has 0 saturated heterocycles. The lowest BCUT2D eigenvalue weighted by atomic mass is 9.83. The number of hydrogen-bond acceptors (Lipinski definition) is 4. The standard InChI is InChI=1S/C12H12BN3O2/c1-16-3-2-6-8(5-16)10-7(4-9(6)13)11(15-18)12(17)14-10/h4,14,17H,2-3,5H2,1H3. The summed E-state index contributed by atoms with van der Waals surface area (Å²) in [6.07, 6.45) is 0.872. The molecule has 0 bridgehead atoms. The zero-order valence-corrected chi connectivity index (χ0v) is 10.0. The summed E-state index contributed by atoms with van der Waals surface area (Å²) in [6.45, 7) is 1.70. The predicted molar refractivity (Wildman–Crippen MR) is 70.8 cm³/mol. The molecule has 0 aliphatic carbocycles. The molecular formula is C12H12BN3O2. The van der Waals surface area contributed by atoms with Crippen molar-refractivity contribution in [3.8, 4) is 5.88 Å². The van der Waals surface area contributed by atoms with E-state index in [0.717, 1.165) is 36.2 Å². The first-order chi connectivity index (χ1) is 8.61. The van der Waals surface area contributed by atoms with Crippen LogP contribution in [-0.2, 0) is 13.0 Å². The quantitative estimate of drug-likeness (QED) is 0.579. The van der Waals surface area contributed by atoms with Crippen molar-refractivity contribution in [2.45, 2.75) is 13.0 Å². The molecule has 6 heteroatoms. The van der Waals surface area contributed by atoms with Crippen molar-refractivity contribution in [3.05, 3.63) is 22.1 Å². The Morgan fingerprint density at radius 2 is 2.28 bits per heavy atom. The van der Waals surface area contributed by atoms with E-state index in [-0.39, 0.29) is 11.6 Å². The Bertz CT molecular complexity index is 651. The van der Waals surface area contributed by atoms with Gasteiger partial charge in [0.1, 0.15) is 7.85 Å². The Morgan fingerprint density at radius 1 is 1.50 bits per heavy atom. The highest BCUT2D eigenvalue weighted by atomic mass is 16.3. The maximum absolute atomic E-state index is 10.8. The van der Waals surface area contributed by atoms with Gasteiger partial charge in [-0.05, 0) is 29.8 Å². The molecule has 1 aromatic carbocycles. The van der Waals surface area contributed by atoms with Gasteiger partial charge in [-0.3, -0.25) is 0 Å². The number of nitrogens with one attached hydrogen (secondary N) is 1. The van der Waals surface area contributed by atoms with Crippen LogP contribution in [0.15, 0.2) is 11.2 Å². The third kappa shape index (κ3) is 1.45. The van der Waals surface area contributed by atoms with E-state index in [1.807, 2.05) is 7.05 Å². The molecule has 0 amide bonds. The van der Waals surface area contributed by atoms with E-state index in [1.54, 1.807) is 6.07 Å². The van der Waals surface area contributed by atoms with Crippen molar-refractivity contribution >= 4 is 29.9 Å². The van der Waals surface area contributed by atoms with Crippen molar-refractivity contribution in [1.82, 2.24) is 9.88 Å². The first-order valence-electron chi connectivity index (χ1n) is 5.78. The van der Waals surface area contributed by atoms with Gasteiger partial charge in [0.05, 0.1) is 5.52 Å². The topological polar surface area (TPSA) is 68.7 Å². The number of H-pyrrole nitrogens is 1. The number of benzene rings is 1. The van der Waals surface area contributed by atoms with Gasteiger partial charge < -0.3 is 15.0 Å². The van der Waals surface area contributed by atoms with Crippen LogP contribution >= 0.6 is 0 Å². The normalized spacial score (nSPS) is 15.8. The van der Waals surface area contributed by atoms with Crippen LogP contribution in [0.1, 0.15) is 11.1 Å². The van der Waals surface area contributed by atoms with Gasteiger partial charge in [-0.2, -0.15) is 0 Å². The molecule has 3 rings (SSSR count). The summed E-state index contributed by atoms with van der Waals surface area (Å²) in [5.74, 6) is -0.193. The average Bonchev–Trinajstić information content (AvgIpc) is 2.65. The molecule has 1 aliphatic rings. The average molecular weight is 241 g/mol. The molecule has 2 radical (unpaired) electrons. The molecular weight excluding hydrogens is 229 g/mol. The number of aromatic amines is 1. The number of rotatable bonds is 1. The first kappa shape index (κ1) is 11.3. The van der Waals surface area contributed by atoms with Gasteiger partial charge in [-0.15, -0.1) is 4.91 Å². The van der Waals surface area contributed by atoms with Gasteiger partial charge in [0.25, 0.3) is 0 Å². The van der Waals surface area contributed by atoms with Gasteiger partial charge >= 0.3 is 0 Å². The van der Waals surface area contributed by atoms with Crippen LogP contribution in [0, 0.1) is 4.91 Å². The monoisotopic (exact) mass is 241 g/mol. The minimum atomic E-state index is -0.193. The van der Waals surface area contributed by atoms with Crippen LogP contribution in [0.5, 0.6) is 5.88 Å². The number of fused-ring (bicyclic) bond motifs is 3. The zero-order valence-electron chi connectivity index (χ0n) is 10.0. The fourth-order valence-corrected chi connectivity index (χ4v) is 2.65. The van der Waals surface area contributed by atoms with E-state index in [4.69, 9.17) is 7.85 Å². The van der Waals surface area contributed by atoms with Crippen molar-refractivity contribution < 1.29 is 5.11 Å². The molecule has 2 N–H and O–H groups in total. The van der Waals surface area contributed by atoms with Gasteiger partial charge in [-0.1, -0.05) is 11.5 Å². The molecule has 5 nitrogen and oxygen atoms in total. The largest absolute Gasteiger partial charge is 0.493 e. The molecule has 0 fully saturated rings. The molecule has 90 valence electrons. The Morgan fingerprint density at radius 3 is 3.00 bits per heavy atom. The SMILES string of the molecule is [B]c1cc2c(N=O)c(O)[nH]c2c2c1CCN(C)C2. The third-order valence-corrected chi connectivity index (χ3v) is 3.57. The third-order valence-electron chi connectivity index (χ3n) is 3.57. The highest BCUT2D eigenvalue weighted by Gasteiger charge is 2.22. The van der Waals surface area contributed by atoms with Crippen LogP contribution < -0.4 is 5.46 Å². The Hall–Kier alpha value is -1.82. The fraction of sp³-hybridized carbons (Fsp3) is 0.333. The Kier molecular flexibility index (Phi) is 2.41. The lowest BCUT2D eigenvalue weighted by Crippen LogP contribution is -2.30. The Balaban J connectivity index is 2.37. The lowest BCUT2D eigenvalue weighted by molar-refractivity contribution is 0.315. The molecule has 0 atom stereocenters. The number of likely N-dealkylation sites (N-methyl/N-ethyl adjacent to an activating group) is 1. The summed E-state index contributed by atoms with van der Waals surface area (Å²) < 4.78 is 0. The smallest absolute Gasteiger partial charge is 0.219 e. The molecule has 0 saturated carbocycles. The number of hydrogen-bond donors (Lipinski definition) is 2. The zero-order chi connectivity index (χ0) is 12.9. The van der Waals surface area contributed by atoms with Crippen molar-refractivity contribution in [1.29, 1.82) is 0 Å². The van der Waals surface area contributed by atoms with E-state index < -0.39 is 0 Å². The summed E-state index contributed by atoms with van der Waals surface area (Å²) in [7, 11) is 8.06. The van der Waals surface area contributed by atoms with Crippen LogP contribution in [0.4, 0.5) is 5.69 Å². The molecule has 1 aliphatic heterocycles. The van der Waals surface area contributed by atoms with Crippen molar-refractivity contribution in [2.24, 2.45) is 5.18 Å². The van der Waals surface area contributed by atoms with Gasteiger partial charge in [-0.25, -0.2) is 0 Å². The summed E-state index contributed by atoms with van der Waals surface area (Å²) in [6, 6.07) is 1.71. The molecule has 0 spiro atoms. The minimum absolute atomic E-state index is 0.0349. The highest BCUT2D eigenvalue weighted by Crippen LogP contribution is 2.37. The first-order valence-corrected chi connectivity index (χ1v) is 5.78. The van der Waals surface area contributed by atoms with Crippen LogP contribution in [0.2, 0.25) is 0 Å². The molecule has 2 aromatic rings. The van der Waals surface area contributed by atoms with Crippen LogP contribution in [0.25, 0.3) is 10.9 Å². The van der Waals surface area contributed by atoms with Gasteiger partial charge in [0.2, 0.25) is 5.88 Å². The second kappa shape index (κ2) is 3.85. The number of aromatic nitrogens is 1. The molecule has 2 heterocycles. The number of aromatic hydroxyl groups is 1. The summed E-state index contributed by atoms with van der Waals surface area (Å²) in [5.41, 5.74) is 3.60. The minimum Gasteiger partial charge on any atom is -0.493 e. The Labute approximate surface area is 105 Å². The lowest BCUT2D eigenvalue weighted by Gasteiger charge is -2.27. The fourth-order valence-electron chi connectivity index (χ4n) is 2.65. The van der Waals surface area contributed by atoms with E-state index in [0.29, 0.717) is 10.8 Å². The van der Waals surface area contributed by atoms with Gasteiger partial charge in [0, 0.05) is 18.5 Å². The molecule has 0 unspecified atom stereocenters. The molecule has 1 aromatic heterocycles. The van der Waals surface area contributed by atoms with Gasteiger partial charge in [0.15, 0.2) is 5.69 Å². The van der Waals surface area contributed by atoms with Crippen molar-refractivity contribution in [3.63, 3.8) is 0 Å². The summed E-state index contributed by atoms with van der Waals surface area (Å²) in [5, 5.41) is 13.1. The van der Waals surface area contributed by atoms with Crippen molar-refractivity contribution in [2.75, 3.05) is 13.6 Å². The highest BCUT2D eigenvalue weighted by molar-refractivity contribution is 6.35. The maximum Gasteiger partial charge on any atom is 0.219 e. The maximum atomic E-state index is 10.8. The van der Waals surface area contributed by atoms with Crippen LogP contribution in [0.3, 0.4) is 0 Å². The predicted octanol–water partition coefficient (Wildman–Crippen LogP) is 1.05. The number of nitroso groups, excluding NO2 is 1. The number of nitrogens with zero attached hydrogens (tertiary/aromatic N) is 2. The summed E-state index contributed by atoms with van der Waals surface area (Å²) >= 11 is 0. The van der Waals surface area contributed by atoms with E-state index in [1.165, 1.54) is 0 Å². The van der Waals surface area contributed by atoms with E-state index in [9.17, 15) is 10.0 Å². The summed E-state index contributed by atoms with van der Waals surface area (Å²) in [4.78, 5) is 15.8. The molecule has 18 heavy (non-hydrogen) atoms. The van der Waals surface area contributed by atoms with Crippen LogP contribution in [-0.4, -0.2) is 36.4 Å². The van der Waals surface area contributed by atoms with E-state index >= 15 is 0 Å². The second-order valence-electron chi connectivity index (χ2n) is 4.75. The van der Waals surface area contributed by atoms with E-state index in [2.05, 4.69) is 15.1 Å².